The Balaban J connectivity index is 2.27. The van der Waals surface area contributed by atoms with E-state index in [9.17, 15) is 27.6 Å². The van der Waals surface area contributed by atoms with Crippen LogP contribution >= 0.6 is 0 Å². The molecule has 3 amide bonds. The van der Waals surface area contributed by atoms with E-state index < -0.39 is 51.8 Å². The molecule has 1 rings (SSSR count). The number of nitrogens with one attached hydrogen (secondary N) is 1. The lowest BCUT2D eigenvalue weighted by Crippen LogP contribution is -2.37. The highest BCUT2D eigenvalue weighted by atomic mass is 32.2. The van der Waals surface area contributed by atoms with E-state index in [0.717, 1.165) is 25.5 Å². The molecular formula is C16H26N2O8S. The number of ether oxygens (including phenoxy) is 1. The monoisotopic (exact) mass is 406 g/mol. The molecule has 0 aliphatic carbocycles. The lowest BCUT2D eigenvalue weighted by Gasteiger charge is -2.13. The van der Waals surface area contributed by atoms with Gasteiger partial charge in [-0.25, -0.2) is 13.2 Å². The summed E-state index contributed by atoms with van der Waals surface area (Å²) in [5.41, 5.74) is 0. The van der Waals surface area contributed by atoms with Crippen LogP contribution < -0.4 is 5.32 Å². The first-order valence-corrected chi connectivity index (χ1v) is 10.6. The fourth-order valence-electron chi connectivity index (χ4n) is 2.32. The first-order valence-electron chi connectivity index (χ1n) is 8.63. The second kappa shape index (κ2) is 10.4. The highest BCUT2D eigenvalue weighted by molar-refractivity contribution is 7.92. The van der Waals surface area contributed by atoms with Crippen molar-refractivity contribution in [3.8, 4) is 0 Å². The third kappa shape index (κ3) is 8.04. The molecule has 0 radical (unpaired) electrons. The van der Waals surface area contributed by atoms with Crippen molar-refractivity contribution in [2.24, 2.45) is 5.92 Å². The molecule has 1 atom stereocenters. The standard InChI is InChI=1S/C16H26N2O8S/c1-11(2)6-4-5-7-17-13(19)9-25-10-15(21)26-18-14(20)8-12(16(18)22)27(3,23)24/h11-12H,4-10H2,1-3H3,(H,17,19). The Hall–Kier alpha value is -2.01. The molecule has 1 fully saturated rings. The SMILES string of the molecule is CC(C)CCCCNC(=O)COCC(=O)ON1C(=O)CC(S(C)(=O)=O)C1=O. The fourth-order valence-corrected chi connectivity index (χ4v) is 3.23. The van der Waals surface area contributed by atoms with Crippen molar-refractivity contribution in [3.63, 3.8) is 0 Å². The Morgan fingerprint density at radius 2 is 1.89 bits per heavy atom. The zero-order chi connectivity index (χ0) is 20.6. The molecule has 10 nitrogen and oxygen atoms in total. The lowest BCUT2D eigenvalue weighted by molar-refractivity contribution is -0.200. The Bertz CT molecular complexity index is 674. The van der Waals surface area contributed by atoms with E-state index in [4.69, 9.17) is 4.74 Å². The summed E-state index contributed by atoms with van der Waals surface area (Å²) in [6, 6.07) is 0. The maximum atomic E-state index is 11.8. The molecule has 11 heteroatoms. The van der Waals surface area contributed by atoms with Crippen molar-refractivity contribution in [3.05, 3.63) is 0 Å². The maximum absolute atomic E-state index is 11.8. The van der Waals surface area contributed by atoms with Gasteiger partial charge in [0.15, 0.2) is 15.1 Å². The van der Waals surface area contributed by atoms with Gasteiger partial charge < -0.3 is 14.9 Å². The van der Waals surface area contributed by atoms with Crippen molar-refractivity contribution in [1.82, 2.24) is 10.4 Å². The van der Waals surface area contributed by atoms with Crippen LogP contribution in [0.5, 0.6) is 0 Å². The van der Waals surface area contributed by atoms with E-state index in [1.54, 1.807) is 0 Å². The third-order valence-electron chi connectivity index (χ3n) is 3.76. The normalized spacial score (nSPS) is 17.5. The van der Waals surface area contributed by atoms with Gasteiger partial charge in [0.1, 0.15) is 13.2 Å². The van der Waals surface area contributed by atoms with Crippen molar-refractivity contribution in [1.29, 1.82) is 0 Å². The van der Waals surface area contributed by atoms with Crippen LogP contribution in [0.3, 0.4) is 0 Å². The minimum absolute atomic E-state index is 0.131. The van der Waals surface area contributed by atoms with Gasteiger partial charge in [-0.2, -0.15) is 0 Å². The Morgan fingerprint density at radius 1 is 1.22 bits per heavy atom. The molecule has 1 saturated heterocycles. The third-order valence-corrected chi connectivity index (χ3v) is 5.16. The number of sulfone groups is 1. The van der Waals surface area contributed by atoms with E-state index in [-0.39, 0.29) is 11.7 Å². The number of carbonyl (C=O) groups excluding carboxylic acids is 4. The number of hydroxylamine groups is 2. The molecule has 0 aromatic heterocycles. The zero-order valence-corrected chi connectivity index (χ0v) is 16.5. The Morgan fingerprint density at radius 3 is 2.44 bits per heavy atom. The molecule has 0 saturated carbocycles. The van der Waals surface area contributed by atoms with Crippen molar-refractivity contribution in [2.75, 3.05) is 26.0 Å². The van der Waals surface area contributed by atoms with E-state index in [0.29, 0.717) is 12.5 Å². The van der Waals surface area contributed by atoms with Crippen LogP contribution in [0.4, 0.5) is 0 Å². The van der Waals surface area contributed by atoms with Crippen molar-refractivity contribution in [2.45, 2.75) is 44.8 Å². The molecule has 1 unspecified atom stereocenters. The van der Waals surface area contributed by atoms with Gasteiger partial charge in [0.2, 0.25) is 5.91 Å². The van der Waals surface area contributed by atoms with Crippen LogP contribution in [0.25, 0.3) is 0 Å². The second-order valence-electron chi connectivity index (χ2n) is 6.74. The Kier molecular flexibility index (Phi) is 8.83. The lowest BCUT2D eigenvalue weighted by atomic mass is 10.1. The van der Waals surface area contributed by atoms with Crippen LogP contribution in [0.15, 0.2) is 0 Å². The summed E-state index contributed by atoms with van der Waals surface area (Å²) < 4.78 is 27.7. The van der Waals surface area contributed by atoms with Gasteiger partial charge in [-0.1, -0.05) is 26.7 Å². The molecule has 1 aliphatic rings. The highest BCUT2D eigenvalue weighted by Gasteiger charge is 2.47. The predicted molar refractivity (Wildman–Crippen MR) is 93.7 cm³/mol. The molecule has 1 aliphatic heterocycles. The second-order valence-corrected chi connectivity index (χ2v) is 8.97. The van der Waals surface area contributed by atoms with Crippen LogP contribution in [-0.2, 0) is 38.6 Å². The van der Waals surface area contributed by atoms with Crippen LogP contribution in [0.2, 0.25) is 0 Å². The average Bonchev–Trinajstić information content (AvgIpc) is 2.82. The first-order chi connectivity index (χ1) is 12.5. The van der Waals surface area contributed by atoms with Crippen molar-refractivity contribution >= 4 is 33.5 Å². The molecule has 1 heterocycles. The molecule has 0 aromatic rings. The fraction of sp³-hybridized carbons (Fsp3) is 0.750. The number of imide groups is 1. The number of rotatable bonds is 11. The summed E-state index contributed by atoms with van der Waals surface area (Å²) in [6.45, 7) is 3.70. The smallest absolute Gasteiger partial charge is 0.358 e. The molecule has 154 valence electrons. The van der Waals surface area contributed by atoms with Gasteiger partial charge in [0.25, 0.3) is 11.8 Å². The molecular weight excluding hydrogens is 380 g/mol. The zero-order valence-electron chi connectivity index (χ0n) is 15.7. The quantitative estimate of drug-likeness (QED) is 0.361. The number of hydrogen-bond donors (Lipinski definition) is 1. The molecule has 0 spiro atoms. The van der Waals surface area contributed by atoms with Gasteiger partial charge in [-0.05, 0) is 12.3 Å². The van der Waals surface area contributed by atoms with Gasteiger partial charge in [-0.15, -0.1) is 5.06 Å². The van der Waals surface area contributed by atoms with E-state index in [1.165, 1.54) is 0 Å². The number of hydrogen-bond acceptors (Lipinski definition) is 8. The first kappa shape index (κ1) is 23.0. The summed E-state index contributed by atoms with van der Waals surface area (Å²) in [5.74, 6) is -2.93. The van der Waals surface area contributed by atoms with Crippen LogP contribution in [0, 0.1) is 5.92 Å². The van der Waals surface area contributed by atoms with Crippen LogP contribution in [0.1, 0.15) is 39.5 Å². The number of nitrogens with zero attached hydrogens (tertiary/aromatic N) is 1. The molecule has 27 heavy (non-hydrogen) atoms. The average molecular weight is 406 g/mol. The van der Waals surface area contributed by atoms with Gasteiger partial charge in [-0.3, -0.25) is 14.4 Å². The van der Waals surface area contributed by atoms with E-state index in [1.807, 2.05) is 0 Å². The summed E-state index contributed by atoms with van der Waals surface area (Å²) in [6.07, 6.45) is 3.15. The summed E-state index contributed by atoms with van der Waals surface area (Å²) in [4.78, 5) is 51.2. The number of carbonyl (C=O) groups is 4. The van der Waals surface area contributed by atoms with Crippen molar-refractivity contribution < 1.29 is 37.2 Å². The summed E-state index contributed by atoms with van der Waals surface area (Å²) >= 11 is 0. The highest BCUT2D eigenvalue weighted by Crippen LogP contribution is 2.19. The van der Waals surface area contributed by atoms with Crippen LogP contribution in [-0.4, -0.2) is 68.4 Å². The summed E-state index contributed by atoms with van der Waals surface area (Å²) in [7, 11) is -3.79. The van der Waals surface area contributed by atoms with E-state index in [2.05, 4.69) is 24.0 Å². The largest absolute Gasteiger partial charge is 0.360 e. The summed E-state index contributed by atoms with van der Waals surface area (Å²) in [5, 5.41) is 1.21. The number of unbranched alkanes of at least 4 members (excludes halogenated alkanes) is 1. The topological polar surface area (TPSA) is 136 Å². The molecule has 0 aromatic carbocycles. The minimum Gasteiger partial charge on any atom is -0.360 e. The minimum atomic E-state index is -3.79. The molecule has 1 N–H and O–H groups in total. The predicted octanol–water partition coefficient (Wildman–Crippen LogP) is -0.424. The van der Waals surface area contributed by atoms with Gasteiger partial charge >= 0.3 is 5.97 Å². The van der Waals surface area contributed by atoms with E-state index >= 15 is 0 Å². The molecule has 0 bridgehead atoms. The maximum Gasteiger partial charge on any atom is 0.358 e. The van der Waals surface area contributed by atoms with Gasteiger partial charge in [0.05, 0.1) is 6.42 Å². The number of amides is 3. The Labute approximate surface area is 158 Å². The van der Waals surface area contributed by atoms with Gasteiger partial charge in [0, 0.05) is 12.8 Å².